The molecule has 0 spiro atoms. The Morgan fingerprint density at radius 1 is 0.895 bits per heavy atom. The standard InChI is InChI=1S/C9H24N2O6Si2/c12-18(13,14)7-1-3-10-5-6-11(9-10)4-2-8-19(15,16)17/h12-17H,1-9H2/p+1. The maximum atomic E-state index is 8.90. The van der Waals surface area contributed by atoms with E-state index in [4.69, 9.17) is 28.8 Å². The monoisotopic (exact) mass is 313 g/mol. The van der Waals surface area contributed by atoms with E-state index >= 15 is 0 Å². The molecule has 19 heavy (non-hydrogen) atoms. The van der Waals surface area contributed by atoms with Gasteiger partial charge in [-0.3, -0.25) is 4.90 Å². The van der Waals surface area contributed by atoms with Crippen molar-refractivity contribution in [2.75, 3.05) is 32.8 Å². The highest BCUT2D eigenvalue weighted by Crippen LogP contribution is 2.03. The number of quaternary nitrogens is 1. The summed E-state index contributed by atoms with van der Waals surface area (Å²) in [6.45, 7) is 4.20. The Kier molecular flexibility index (Phi) is 6.52. The summed E-state index contributed by atoms with van der Waals surface area (Å²) >= 11 is 0. The zero-order chi connectivity index (χ0) is 14.5. The van der Waals surface area contributed by atoms with Gasteiger partial charge in [-0.05, 0) is 6.42 Å². The first-order chi connectivity index (χ1) is 8.66. The molecule has 1 saturated heterocycles. The highest BCUT2D eigenvalue weighted by atomic mass is 28.4. The molecule has 114 valence electrons. The van der Waals surface area contributed by atoms with Gasteiger partial charge in [0.05, 0.1) is 19.6 Å². The molecular formula is C9H25N2O6Si2+. The molecule has 0 aromatic heterocycles. The van der Waals surface area contributed by atoms with E-state index in [9.17, 15) is 0 Å². The van der Waals surface area contributed by atoms with E-state index in [1.165, 1.54) is 4.90 Å². The smallest absolute Gasteiger partial charge is 0.390 e. The lowest BCUT2D eigenvalue weighted by Gasteiger charge is -2.16. The van der Waals surface area contributed by atoms with Gasteiger partial charge in [-0.2, -0.15) is 0 Å². The van der Waals surface area contributed by atoms with E-state index in [2.05, 4.69) is 4.90 Å². The zero-order valence-electron chi connectivity index (χ0n) is 11.0. The van der Waals surface area contributed by atoms with E-state index in [1.54, 1.807) is 0 Å². The number of nitrogens with one attached hydrogen (secondary N) is 1. The van der Waals surface area contributed by atoms with E-state index in [0.717, 1.165) is 32.8 Å². The van der Waals surface area contributed by atoms with Crippen LogP contribution in [0.15, 0.2) is 0 Å². The Labute approximate surface area is 114 Å². The normalized spacial score (nSPS) is 22.1. The Morgan fingerprint density at radius 2 is 1.47 bits per heavy atom. The van der Waals surface area contributed by atoms with E-state index in [0.29, 0.717) is 12.8 Å². The van der Waals surface area contributed by atoms with Gasteiger partial charge in [0.2, 0.25) is 0 Å². The van der Waals surface area contributed by atoms with Crippen LogP contribution in [0.4, 0.5) is 0 Å². The third kappa shape index (κ3) is 8.80. The zero-order valence-corrected chi connectivity index (χ0v) is 13.0. The molecule has 1 rings (SSSR count). The summed E-state index contributed by atoms with van der Waals surface area (Å²) in [6, 6.07) is 0.136. The SMILES string of the molecule is O[Si](O)(O)CCCN1CC[NH+](CCC[Si](O)(O)O)C1. The van der Waals surface area contributed by atoms with Crippen LogP contribution in [0.1, 0.15) is 12.8 Å². The van der Waals surface area contributed by atoms with Crippen molar-refractivity contribution in [2.45, 2.75) is 24.9 Å². The van der Waals surface area contributed by atoms with Crippen LogP contribution in [-0.2, 0) is 0 Å². The molecule has 0 saturated carbocycles. The van der Waals surface area contributed by atoms with Crippen molar-refractivity contribution in [1.29, 1.82) is 0 Å². The van der Waals surface area contributed by atoms with Gasteiger partial charge in [0.15, 0.2) is 0 Å². The number of hydrogen-bond donors (Lipinski definition) is 7. The third-order valence-electron chi connectivity index (χ3n) is 3.26. The first-order valence-electron chi connectivity index (χ1n) is 6.56. The average Bonchev–Trinajstić information content (AvgIpc) is 2.62. The molecule has 1 aliphatic heterocycles. The minimum atomic E-state index is -3.90. The minimum Gasteiger partial charge on any atom is -0.390 e. The third-order valence-corrected chi connectivity index (χ3v) is 5.31. The molecule has 1 fully saturated rings. The number of hydrogen-bond acceptors (Lipinski definition) is 7. The van der Waals surface area contributed by atoms with Crippen LogP contribution in [0.2, 0.25) is 12.1 Å². The van der Waals surface area contributed by atoms with E-state index in [-0.39, 0.29) is 12.1 Å². The summed E-state index contributed by atoms with van der Waals surface area (Å²) in [5, 5.41) is 0. The van der Waals surface area contributed by atoms with Gasteiger partial charge in [0.1, 0.15) is 6.67 Å². The predicted octanol–water partition coefficient (Wildman–Crippen LogP) is -4.24. The van der Waals surface area contributed by atoms with Crippen molar-refractivity contribution in [3.05, 3.63) is 0 Å². The van der Waals surface area contributed by atoms with Crippen LogP contribution in [0.25, 0.3) is 0 Å². The van der Waals surface area contributed by atoms with Gasteiger partial charge in [-0.15, -0.1) is 0 Å². The number of rotatable bonds is 8. The van der Waals surface area contributed by atoms with Crippen molar-refractivity contribution in [3.63, 3.8) is 0 Å². The van der Waals surface area contributed by atoms with Gasteiger partial charge >= 0.3 is 17.6 Å². The molecule has 10 heteroatoms. The molecule has 1 unspecified atom stereocenters. The first-order valence-corrected chi connectivity index (χ1v) is 10.7. The Balaban J connectivity index is 2.09. The molecule has 1 heterocycles. The summed E-state index contributed by atoms with van der Waals surface area (Å²) in [7, 11) is -7.79. The summed E-state index contributed by atoms with van der Waals surface area (Å²) in [5.74, 6) is 0. The van der Waals surface area contributed by atoms with E-state index < -0.39 is 17.6 Å². The second-order valence-electron chi connectivity index (χ2n) is 5.28. The van der Waals surface area contributed by atoms with Crippen LogP contribution in [-0.4, -0.2) is 84.1 Å². The van der Waals surface area contributed by atoms with Crippen LogP contribution in [0.5, 0.6) is 0 Å². The van der Waals surface area contributed by atoms with Crippen molar-refractivity contribution >= 4 is 17.6 Å². The Bertz CT molecular complexity index is 244. The lowest BCUT2D eigenvalue weighted by atomic mass is 10.4. The molecule has 0 bridgehead atoms. The predicted molar refractivity (Wildman–Crippen MR) is 70.8 cm³/mol. The fraction of sp³-hybridized carbons (Fsp3) is 1.00. The second-order valence-corrected chi connectivity index (χ2v) is 9.38. The van der Waals surface area contributed by atoms with Gasteiger partial charge in [-0.25, -0.2) is 0 Å². The Morgan fingerprint density at radius 3 is 2.05 bits per heavy atom. The van der Waals surface area contributed by atoms with Gasteiger partial charge < -0.3 is 33.7 Å². The van der Waals surface area contributed by atoms with Gasteiger partial charge in [0.25, 0.3) is 0 Å². The maximum Gasteiger partial charge on any atom is 0.492 e. The van der Waals surface area contributed by atoms with Crippen LogP contribution in [0, 0.1) is 0 Å². The summed E-state index contributed by atoms with van der Waals surface area (Å²) in [4.78, 5) is 56.9. The highest BCUT2D eigenvalue weighted by Gasteiger charge is 2.30. The molecule has 1 atom stereocenters. The fourth-order valence-corrected chi connectivity index (χ4v) is 3.58. The number of nitrogens with zero attached hydrogens (tertiary/aromatic N) is 1. The molecule has 0 amide bonds. The van der Waals surface area contributed by atoms with Crippen LogP contribution >= 0.6 is 0 Å². The molecule has 8 nitrogen and oxygen atoms in total. The van der Waals surface area contributed by atoms with Crippen LogP contribution in [0.3, 0.4) is 0 Å². The minimum absolute atomic E-state index is 0.0620. The van der Waals surface area contributed by atoms with Crippen LogP contribution < -0.4 is 4.90 Å². The topological polar surface area (TPSA) is 129 Å². The first kappa shape index (κ1) is 17.2. The molecule has 0 aromatic carbocycles. The van der Waals surface area contributed by atoms with E-state index in [1.807, 2.05) is 0 Å². The van der Waals surface area contributed by atoms with Gasteiger partial charge in [0, 0.05) is 25.1 Å². The van der Waals surface area contributed by atoms with Crippen molar-refractivity contribution in [2.24, 2.45) is 0 Å². The molecule has 0 aliphatic carbocycles. The van der Waals surface area contributed by atoms with Crippen molar-refractivity contribution in [3.8, 4) is 0 Å². The summed E-state index contributed by atoms with van der Waals surface area (Å²) in [6.07, 6.45) is 1.14. The quantitative estimate of drug-likeness (QED) is 0.226. The summed E-state index contributed by atoms with van der Waals surface area (Å²) in [5.41, 5.74) is 0. The maximum absolute atomic E-state index is 8.90. The lowest BCUT2D eigenvalue weighted by molar-refractivity contribution is -0.891. The van der Waals surface area contributed by atoms with Crippen molar-refractivity contribution < 1.29 is 33.7 Å². The second kappa shape index (κ2) is 7.22. The lowest BCUT2D eigenvalue weighted by Crippen LogP contribution is -3.10. The summed E-state index contributed by atoms with van der Waals surface area (Å²) < 4.78 is 0. The molecule has 1 aliphatic rings. The molecule has 0 aromatic rings. The highest BCUT2D eigenvalue weighted by molar-refractivity contribution is 6.56. The largest absolute Gasteiger partial charge is 0.492 e. The fourth-order valence-electron chi connectivity index (χ4n) is 2.30. The molecule has 7 N–H and O–H groups in total. The Hall–Kier alpha value is 0.114. The van der Waals surface area contributed by atoms with Crippen molar-refractivity contribution in [1.82, 2.24) is 4.90 Å². The average molecular weight is 313 g/mol. The molecule has 0 radical (unpaired) electrons. The van der Waals surface area contributed by atoms with Gasteiger partial charge in [-0.1, -0.05) is 0 Å². The molecular weight excluding hydrogens is 288 g/mol.